The Hall–Kier alpha value is -1.50. The molecule has 0 N–H and O–H groups in total. The zero-order chi connectivity index (χ0) is 8.39. The van der Waals surface area contributed by atoms with Crippen molar-refractivity contribution in [3.8, 4) is 0 Å². The minimum absolute atomic E-state index is 0.882. The number of nitrogens with zero attached hydrogens (tertiary/aromatic N) is 1. The van der Waals surface area contributed by atoms with E-state index in [1.807, 2.05) is 6.08 Å². The smallest absolute Gasteiger partial charge is 0.0483 e. The van der Waals surface area contributed by atoms with Crippen molar-refractivity contribution in [2.24, 2.45) is 0 Å². The second-order valence-electron chi connectivity index (χ2n) is 2.82. The fraction of sp³-hybridized carbons (Fsp3) is 0.0909. The summed E-state index contributed by atoms with van der Waals surface area (Å²) in [5.41, 5.74) is 1.28. The number of aromatic nitrogens is 1. The molecule has 2 aromatic rings. The Morgan fingerprint density at radius 1 is 1.25 bits per heavy atom. The third-order valence-corrected chi connectivity index (χ3v) is 2.01. The molecule has 0 radical (unpaired) electrons. The summed E-state index contributed by atoms with van der Waals surface area (Å²) in [5, 5.41) is 1.29. The lowest BCUT2D eigenvalue weighted by molar-refractivity contribution is 0.865. The number of hydrogen-bond acceptors (Lipinski definition) is 0. The van der Waals surface area contributed by atoms with Crippen LogP contribution in [-0.4, -0.2) is 4.57 Å². The zero-order valence-corrected chi connectivity index (χ0v) is 6.90. The highest BCUT2D eigenvalue weighted by atomic mass is 14.9. The fourth-order valence-electron chi connectivity index (χ4n) is 1.44. The fourth-order valence-corrected chi connectivity index (χ4v) is 1.44. The molecule has 0 amide bonds. The van der Waals surface area contributed by atoms with Crippen LogP contribution < -0.4 is 0 Å². The maximum atomic E-state index is 3.72. The third kappa shape index (κ3) is 1.03. The van der Waals surface area contributed by atoms with E-state index in [1.165, 1.54) is 10.9 Å². The molecule has 1 heteroatoms. The molecule has 2 rings (SSSR count). The van der Waals surface area contributed by atoms with Gasteiger partial charge in [0, 0.05) is 18.3 Å². The van der Waals surface area contributed by atoms with Gasteiger partial charge in [-0.25, -0.2) is 0 Å². The van der Waals surface area contributed by atoms with Crippen LogP contribution in [0.1, 0.15) is 0 Å². The molecule has 0 aliphatic heterocycles. The van der Waals surface area contributed by atoms with E-state index in [9.17, 15) is 0 Å². The molecule has 1 heterocycles. The van der Waals surface area contributed by atoms with Gasteiger partial charge in [0.15, 0.2) is 0 Å². The molecule has 0 aliphatic rings. The predicted molar refractivity (Wildman–Crippen MR) is 52.1 cm³/mol. The van der Waals surface area contributed by atoms with Gasteiger partial charge in [0.05, 0.1) is 0 Å². The van der Waals surface area contributed by atoms with E-state index < -0.39 is 0 Å². The van der Waals surface area contributed by atoms with E-state index in [2.05, 4.69) is 47.7 Å². The highest BCUT2D eigenvalue weighted by Crippen LogP contribution is 2.14. The number of hydrogen-bond donors (Lipinski definition) is 0. The number of para-hydroxylation sites is 1. The van der Waals surface area contributed by atoms with Crippen LogP contribution in [0.2, 0.25) is 0 Å². The van der Waals surface area contributed by atoms with E-state index in [1.54, 1.807) is 0 Å². The topological polar surface area (TPSA) is 4.93 Å². The summed E-state index contributed by atoms with van der Waals surface area (Å²) < 4.78 is 2.18. The molecule has 0 unspecified atom stereocenters. The Morgan fingerprint density at radius 3 is 2.92 bits per heavy atom. The van der Waals surface area contributed by atoms with Crippen LogP contribution in [0, 0.1) is 0 Å². The Morgan fingerprint density at radius 2 is 2.08 bits per heavy atom. The molecule has 0 saturated carbocycles. The number of rotatable bonds is 2. The lowest BCUT2D eigenvalue weighted by Gasteiger charge is -1.99. The second kappa shape index (κ2) is 2.86. The van der Waals surface area contributed by atoms with Crippen LogP contribution in [0.4, 0.5) is 0 Å². The molecule has 0 atom stereocenters. The van der Waals surface area contributed by atoms with Gasteiger partial charge in [0.1, 0.15) is 0 Å². The molecule has 0 bridgehead atoms. The van der Waals surface area contributed by atoms with Gasteiger partial charge < -0.3 is 4.57 Å². The SMILES string of the molecule is C=CCn1ccc2ccccc21. The standard InChI is InChI=1S/C11H11N/c1-2-8-12-9-7-10-5-3-4-6-11(10)12/h2-7,9H,1,8H2. The lowest BCUT2D eigenvalue weighted by Crippen LogP contribution is -1.90. The summed E-state index contributed by atoms with van der Waals surface area (Å²) in [5.74, 6) is 0. The average molecular weight is 157 g/mol. The summed E-state index contributed by atoms with van der Waals surface area (Å²) in [6, 6.07) is 10.5. The Labute approximate surface area is 71.9 Å². The van der Waals surface area contributed by atoms with Crippen molar-refractivity contribution in [1.82, 2.24) is 4.57 Å². The van der Waals surface area contributed by atoms with Crippen molar-refractivity contribution < 1.29 is 0 Å². The highest BCUT2D eigenvalue weighted by Gasteiger charge is 1.95. The minimum atomic E-state index is 0.882. The molecule has 0 fully saturated rings. The van der Waals surface area contributed by atoms with E-state index >= 15 is 0 Å². The van der Waals surface area contributed by atoms with Crippen LogP contribution in [0.15, 0.2) is 49.2 Å². The van der Waals surface area contributed by atoms with Crippen molar-refractivity contribution in [2.75, 3.05) is 0 Å². The maximum absolute atomic E-state index is 3.72. The molecule has 0 aliphatic carbocycles. The molecular formula is C11H11N. The minimum Gasteiger partial charge on any atom is -0.344 e. The first-order chi connectivity index (χ1) is 5.92. The van der Waals surface area contributed by atoms with E-state index in [0.29, 0.717) is 0 Å². The average Bonchev–Trinajstić information content (AvgIpc) is 2.50. The molecule has 60 valence electrons. The van der Waals surface area contributed by atoms with Gasteiger partial charge in [-0.15, -0.1) is 6.58 Å². The first-order valence-electron chi connectivity index (χ1n) is 4.06. The van der Waals surface area contributed by atoms with Crippen LogP contribution >= 0.6 is 0 Å². The van der Waals surface area contributed by atoms with Gasteiger partial charge in [0.2, 0.25) is 0 Å². The summed E-state index contributed by atoms with van der Waals surface area (Å²) in [4.78, 5) is 0. The van der Waals surface area contributed by atoms with Gasteiger partial charge in [-0.1, -0.05) is 24.3 Å². The normalized spacial score (nSPS) is 10.3. The quantitative estimate of drug-likeness (QED) is 0.591. The lowest BCUT2D eigenvalue weighted by atomic mass is 10.2. The molecule has 0 saturated heterocycles. The molecule has 1 aromatic heterocycles. The number of allylic oxidation sites excluding steroid dienone is 1. The number of fused-ring (bicyclic) bond motifs is 1. The predicted octanol–water partition coefficient (Wildman–Crippen LogP) is 2.83. The van der Waals surface area contributed by atoms with Gasteiger partial charge in [-0.05, 0) is 17.5 Å². The van der Waals surface area contributed by atoms with Crippen molar-refractivity contribution >= 4 is 10.9 Å². The molecule has 1 nitrogen and oxygen atoms in total. The largest absolute Gasteiger partial charge is 0.344 e. The van der Waals surface area contributed by atoms with E-state index in [-0.39, 0.29) is 0 Å². The Kier molecular flexibility index (Phi) is 1.71. The van der Waals surface area contributed by atoms with Crippen LogP contribution in [-0.2, 0) is 6.54 Å². The zero-order valence-electron chi connectivity index (χ0n) is 6.90. The molecule has 12 heavy (non-hydrogen) atoms. The van der Waals surface area contributed by atoms with E-state index in [4.69, 9.17) is 0 Å². The summed E-state index contributed by atoms with van der Waals surface area (Å²) in [6.07, 6.45) is 4.00. The van der Waals surface area contributed by atoms with Gasteiger partial charge in [-0.3, -0.25) is 0 Å². The summed E-state index contributed by atoms with van der Waals surface area (Å²) in [6.45, 7) is 4.60. The molecular weight excluding hydrogens is 146 g/mol. The van der Waals surface area contributed by atoms with Crippen LogP contribution in [0.5, 0.6) is 0 Å². The Bertz CT molecular complexity index is 398. The van der Waals surface area contributed by atoms with Crippen molar-refractivity contribution in [3.63, 3.8) is 0 Å². The first kappa shape index (κ1) is 7.17. The van der Waals surface area contributed by atoms with Gasteiger partial charge >= 0.3 is 0 Å². The highest BCUT2D eigenvalue weighted by molar-refractivity contribution is 5.79. The van der Waals surface area contributed by atoms with Crippen LogP contribution in [0.3, 0.4) is 0 Å². The third-order valence-electron chi connectivity index (χ3n) is 2.01. The first-order valence-corrected chi connectivity index (χ1v) is 4.06. The van der Waals surface area contributed by atoms with Crippen LogP contribution in [0.25, 0.3) is 10.9 Å². The second-order valence-corrected chi connectivity index (χ2v) is 2.82. The van der Waals surface area contributed by atoms with Crippen molar-refractivity contribution in [2.45, 2.75) is 6.54 Å². The summed E-state index contributed by atoms with van der Waals surface area (Å²) >= 11 is 0. The van der Waals surface area contributed by atoms with Gasteiger partial charge in [0.25, 0.3) is 0 Å². The van der Waals surface area contributed by atoms with E-state index in [0.717, 1.165) is 6.54 Å². The monoisotopic (exact) mass is 157 g/mol. The maximum Gasteiger partial charge on any atom is 0.0483 e. The molecule has 1 aromatic carbocycles. The van der Waals surface area contributed by atoms with Gasteiger partial charge in [-0.2, -0.15) is 0 Å². The van der Waals surface area contributed by atoms with Crippen molar-refractivity contribution in [1.29, 1.82) is 0 Å². The summed E-state index contributed by atoms with van der Waals surface area (Å²) in [7, 11) is 0. The van der Waals surface area contributed by atoms with Crippen molar-refractivity contribution in [3.05, 3.63) is 49.2 Å². The molecule has 0 spiro atoms. The number of benzene rings is 1. The Balaban J connectivity index is 2.62.